The van der Waals surface area contributed by atoms with Gasteiger partial charge in [0.1, 0.15) is 5.75 Å². The molecule has 1 aromatic rings. The summed E-state index contributed by atoms with van der Waals surface area (Å²) in [6.07, 6.45) is 1.58. The minimum Gasteiger partial charge on any atom is -0.508 e. The summed E-state index contributed by atoms with van der Waals surface area (Å²) in [6.45, 7) is 3.81. The standard InChI is InChI=1S/C14H21NO3/c1-3-14(4-2,10-16)15-13(18)9-11-6-5-7-12(17)8-11/h5-8,16-17H,3-4,9-10H2,1-2H3,(H,15,18). The molecule has 0 bridgehead atoms. The van der Waals surface area contributed by atoms with Gasteiger partial charge >= 0.3 is 0 Å². The number of aromatic hydroxyl groups is 1. The minimum atomic E-state index is -0.534. The average molecular weight is 251 g/mol. The van der Waals surface area contributed by atoms with Crippen LogP contribution in [0.3, 0.4) is 0 Å². The Bertz CT molecular complexity index is 392. The largest absolute Gasteiger partial charge is 0.508 e. The number of hydrogen-bond donors (Lipinski definition) is 3. The molecule has 0 heterocycles. The van der Waals surface area contributed by atoms with Crippen LogP contribution in [-0.2, 0) is 11.2 Å². The molecule has 0 spiro atoms. The second kappa shape index (κ2) is 6.40. The van der Waals surface area contributed by atoms with Gasteiger partial charge in [0.05, 0.1) is 18.6 Å². The predicted octanol–water partition coefficient (Wildman–Crippen LogP) is 1.60. The van der Waals surface area contributed by atoms with Gasteiger partial charge in [-0.1, -0.05) is 26.0 Å². The van der Waals surface area contributed by atoms with Crippen molar-refractivity contribution in [1.29, 1.82) is 0 Å². The van der Waals surface area contributed by atoms with Crippen molar-refractivity contribution in [2.75, 3.05) is 6.61 Å². The van der Waals surface area contributed by atoms with Crippen LogP contribution in [0.4, 0.5) is 0 Å². The Morgan fingerprint density at radius 1 is 1.33 bits per heavy atom. The summed E-state index contributed by atoms with van der Waals surface area (Å²) in [5, 5.41) is 21.6. The Kier molecular flexibility index (Phi) is 5.16. The number of phenols is 1. The number of rotatable bonds is 6. The van der Waals surface area contributed by atoms with Crippen molar-refractivity contribution in [3.8, 4) is 5.75 Å². The lowest BCUT2D eigenvalue weighted by molar-refractivity contribution is -0.123. The van der Waals surface area contributed by atoms with Gasteiger partial charge in [-0.05, 0) is 30.5 Å². The third-order valence-electron chi connectivity index (χ3n) is 3.34. The number of hydrogen-bond acceptors (Lipinski definition) is 3. The Labute approximate surface area is 108 Å². The maximum Gasteiger partial charge on any atom is 0.224 e. The van der Waals surface area contributed by atoms with Crippen molar-refractivity contribution in [3.63, 3.8) is 0 Å². The Morgan fingerprint density at radius 3 is 2.50 bits per heavy atom. The lowest BCUT2D eigenvalue weighted by atomic mass is 9.93. The zero-order valence-corrected chi connectivity index (χ0v) is 10.9. The zero-order valence-electron chi connectivity index (χ0n) is 10.9. The van der Waals surface area contributed by atoms with Gasteiger partial charge in [-0.3, -0.25) is 4.79 Å². The lowest BCUT2D eigenvalue weighted by Gasteiger charge is -2.30. The average Bonchev–Trinajstić information content (AvgIpc) is 2.36. The molecule has 18 heavy (non-hydrogen) atoms. The van der Waals surface area contributed by atoms with Gasteiger partial charge in [-0.25, -0.2) is 0 Å². The molecule has 0 saturated heterocycles. The van der Waals surface area contributed by atoms with Crippen LogP contribution < -0.4 is 5.32 Å². The van der Waals surface area contributed by atoms with E-state index in [1.54, 1.807) is 24.3 Å². The molecule has 1 rings (SSSR count). The normalized spacial score (nSPS) is 11.3. The molecule has 0 aliphatic carbocycles. The predicted molar refractivity (Wildman–Crippen MR) is 70.4 cm³/mol. The summed E-state index contributed by atoms with van der Waals surface area (Å²) < 4.78 is 0. The van der Waals surface area contributed by atoms with Crippen molar-refractivity contribution < 1.29 is 15.0 Å². The van der Waals surface area contributed by atoms with E-state index in [-0.39, 0.29) is 24.7 Å². The summed E-state index contributed by atoms with van der Waals surface area (Å²) in [5.74, 6) is 0.0121. The highest BCUT2D eigenvalue weighted by Gasteiger charge is 2.26. The van der Waals surface area contributed by atoms with Gasteiger partial charge in [0.25, 0.3) is 0 Å². The second-order valence-corrected chi connectivity index (χ2v) is 4.54. The van der Waals surface area contributed by atoms with Crippen molar-refractivity contribution in [1.82, 2.24) is 5.32 Å². The topological polar surface area (TPSA) is 69.6 Å². The molecule has 4 nitrogen and oxygen atoms in total. The number of carbonyl (C=O) groups excluding carboxylic acids is 1. The number of aliphatic hydroxyl groups is 1. The summed E-state index contributed by atoms with van der Waals surface area (Å²) >= 11 is 0. The van der Waals surface area contributed by atoms with Crippen LogP contribution in [-0.4, -0.2) is 28.3 Å². The first-order chi connectivity index (χ1) is 8.55. The maximum atomic E-state index is 11.9. The van der Waals surface area contributed by atoms with E-state index in [2.05, 4.69) is 5.32 Å². The quantitative estimate of drug-likeness (QED) is 0.719. The third kappa shape index (κ3) is 3.74. The fourth-order valence-corrected chi connectivity index (χ4v) is 1.88. The van der Waals surface area contributed by atoms with E-state index in [4.69, 9.17) is 0 Å². The Hall–Kier alpha value is -1.55. The first-order valence-corrected chi connectivity index (χ1v) is 6.25. The number of aliphatic hydroxyl groups excluding tert-OH is 1. The summed E-state index contributed by atoms with van der Waals surface area (Å²) in [5.41, 5.74) is 0.222. The van der Waals surface area contributed by atoms with E-state index in [0.717, 1.165) is 5.56 Å². The minimum absolute atomic E-state index is 0.0637. The van der Waals surface area contributed by atoms with Gasteiger partial charge in [0.15, 0.2) is 0 Å². The molecule has 0 aliphatic rings. The number of benzene rings is 1. The SMILES string of the molecule is CCC(CC)(CO)NC(=O)Cc1cccc(O)c1. The summed E-state index contributed by atoms with van der Waals surface area (Å²) in [6, 6.07) is 6.63. The van der Waals surface area contributed by atoms with Crippen LogP contribution in [0, 0.1) is 0 Å². The third-order valence-corrected chi connectivity index (χ3v) is 3.34. The molecule has 1 aromatic carbocycles. The molecule has 0 aromatic heterocycles. The molecule has 0 unspecified atom stereocenters. The Morgan fingerprint density at radius 2 is 2.00 bits per heavy atom. The van der Waals surface area contributed by atoms with Crippen molar-refractivity contribution in [2.24, 2.45) is 0 Å². The fraction of sp³-hybridized carbons (Fsp3) is 0.500. The van der Waals surface area contributed by atoms with Crippen molar-refractivity contribution in [2.45, 2.75) is 38.6 Å². The van der Waals surface area contributed by atoms with Crippen LogP contribution in [0.15, 0.2) is 24.3 Å². The monoisotopic (exact) mass is 251 g/mol. The van der Waals surface area contributed by atoms with E-state index in [1.807, 2.05) is 13.8 Å². The van der Waals surface area contributed by atoms with Crippen LogP contribution in [0.5, 0.6) is 5.75 Å². The molecule has 0 fully saturated rings. The van der Waals surface area contributed by atoms with Crippen LogP contribution in [0.1, 0.15) is 32.3 Å². The first-order valence-electron chi connectivity index (χ1n) is 6.25. The van der Waals surface area contributed by atoms with Crippen LogP contribution in [0.2, 0.25) is 0 Å². The smallest absolute Gasteiger partial charge is 0.224 e. The lowest BCUT2D eigenvalue weighted by Crippen LogP contribution is -2.51. The highest BCUT2D eigenvalue weighted by molar-refractivity contribution is 5.79. The molecular weight excluding hydrogens is 230 g/mol. The zero-order chi connectivity index (χ0) is 13.6. The molecule has 0 saturated carbocycles. The molecule has 0 atom stereocenters. The highest BCUT2D eigenvalue weighted by atomic mass is 16.3. The molecular formula is C14H21NO3. The van der Waals surface area contributed by atoms with Gasteiger partial charge in [-0.2, -0.15) is 0 Å². The molecule has 0 radical (unpaired) electrons. The first kappa shape index (κ1) is 14.5. The van der Waals surface area contributed by atoms with Gasteiger partial charge < -0.3 is 15.5 Å². The van der Waals surface area contributed by atoms with Gasteiger partial charge in [0, 0.05) is 0 Å². The molecule has 3 N–H and O–H groups in total. The molecule has 1 amide bonds. The fourth-order valence-electron chi connectivity index (χ4n) is 1.88. The van der Waals surface area contributed by atoms with Gasteiger partial charge in [0.2, 0.25) is 5.91 Å². The van der Waals surface area contributed by atoms with E-state index in [9.17, 15) is 15.0 Å². The van der Waals surface area contributed by atoms with Crippen LogP contribution >= 0.6 is 0 Å². The van der Waals surface area contributed by atoms with E-state index in [1.165, 1.54) is 0 Å². The summed E-state index contributed by atoms with van der Waals surface area (Å²) in [7, 11) is 0. The highest BCUT2D eigenvalue weighted by Crippen LogP contribution is 2.15. The number of nitrogens with one attached hydrogen (secondary N) is 1. The van der Waals surface area contributed by atoms with Crippen molar-refractivity contribution >= 4 is 5.91 Å². The number of carbonyl (C=O) groups is 1. The molecule has 4 heteroatoms. The van der Waals surface area contributed by atoms with Gasteiger partial charge in [-0.15, -0.1) is 0 Å². The van der Waals surface area contributed by atoms with E-state index >= 15 is 0 Å². The second-order valence-electron chi connectivity index (χ2n) is 4.54. The molecule has 0 aliphatic heterocycles. The van der Waals surface area contributed by atoms with E-state index in [0.29, 0.717) is 12.8 Å². The number of phenolic OH excluding ortho intramolecular Hbond substituents is 1. The number of amides is 1. The van der Waals surface area contributed by atoms with Crippen molar-refractivity contribution in [3.05, 3.63) is 29.8 Å². The molecule has 100 valence electrons. The van der Waals surface area contributed by atoms with E-state index < -0.39 is 5.54 Å². The maximum absolute atomic E-state index is 11.9. The van der Waals surface area contributed by atoms with Crippen LogP contribution in [0.25, 0.3) is 0 Å². The Balaban J connectivity index is 2.66. The summed E-state index contributed by atoms with van der Waals surface area (Å²) in [4.78, 5) is 11.9.